The molecule has 1 aromatic rings. The van der Waals surface area contributed by atoms with Crippen LogP contribution in [0.25, 0.3) is 6.08 Å². The Kier molecular flexibility index (Phi) is 4.76. The molecule has 0 spiro atoms. The van der Waals surface area contributed by atoms with E-state index in [1.54, 1.807) is 13.2 Å². The van der Waals surface area contributed by atoms with Gasteiger partial charge in [0.1, 0.15) is 5.75 Å². The minimum atomic E-state index is -0.0939. The van der Waals surface area contributed by atoms with Gasteiger partial charge < -0.3 is 10.1 Å². The topological polar surface area (TPSA) is 38.3 Å². The Hall–Kier alpha value is -1.77. The van der Waals surface area contributed by atoms with Crippen molar-refractivity contribution in [2.75, 3.05) is 7.11 Å². The smallest absolute Gasteiger partial charge is 0.244 e. The van der Waals surface area contributed by atoms with Crippen molar-refractivity contribution >= 4 is 12.0 Å². The van der Waals surface area contributed by atoms with E-state index in [2.05, 4.69) is 5.32 Å². The van der Waals surface area contributed by atoms with Crippen LogP contribution >= 0.6 is 0 Å². The van der Waals surface area contributed by atoms with Crippen LogP contribution in [0.2, 0.25) is 0 Å². The Morgan fingerprint density at radius 1 is 1.41 bits per heavy atom. The maximum absolute atomic E-state index is 11.5. The molecule has 0 heterocycles. The van der Waals surface area contributed by atoms with Gasteiger partial charge in [-0.1, -0.05) is 11.6 Å². The van der Waals surface area contributed by atoms with Crippen LogP contribution in [0.3, 0.4) is 0 Å². The molecular formula is C14H19NO2. The minimum Gasteiger partial charge on any atom is -0.496 e. The van der Waals surface area contributed by atoms with Gasteiger partial charge in [0, 0.05) is 17.7 Å². The summed E-state index contributed by atoms with van der Waals surface area (Å²) in [5, 5.41) is 2.80. The van der Waals surface area contributed by atoms with E-state index in [1.165, 1.54) is 6.08 Å². The predicted octanol–water partition coefficient (Wildman–Crippen LogP) is 2.54. The van der Waals surface area contributed by atoms with Crippen molar-refractivity contribution in [1.82, 2.24) is 5.32 Å². The van der Waals surface area contributed by atoms with Crippen molar-refractivity contribution in [2.24, 2.45) is 0 Å². The van der Waals surface area contributed by atoms with Crippen LogP contribution in [0.5, 0.6) is 5.75 Å². The second-order valence-electron chi connectivity index (χ2n) is 4.24. The molecule has 3 heteroatoms. The number of ether oxygens (including phenoxy) is 1. The fourth-order valence-corrected chi connectivity index (χ4v) is 1.48. The van der Waals surface area contributed by atoms with Crippen LogP contribution in [-0.4, -0.2) is 19.1 Å². The van der Waals surface area contributed by atoms with Gasteiger partial charge in [-0.3, -0.25) is 4.79 Å². The third kappa shape index (κ3) is 4.31. The highest BCUT2D eigenvalue weighted by atomic mass is 16.5. The standard InChI is InChI=1S/C14H19NO2/c1-10(2)15-14(16)8-6-12-9-11(3)5-7-13(12)17-4/h5-10H,1-4H3,(H,15,16). The van der Waals surface area contributed by atoms with Gasteiger partial charge >= 0.3 is 0 Å². The Balaban J connectivity index is 2.83. The molecule has 0 saturated heterocycles. The second-order valence-corrected chi connectivity index (χ2v) is 4.24. The SMILES string of the molecule is COc1ccc(C)cc1C=CC(=O)NC(C)C. The Labute approximate surface area is 102 Å². The molecule has 92 valence electrons. The van der Waals surface area contributed by atoms with Crippen molar-refractivity contribution in [2.45, 2.75) is 26.8 Å². The summed E-state index contributed by atoms with van der Waals surface area (Å²) >= 11 is 0. The molecule has 0 fully saturated rings. The number of carbonyl (C=O) groups is 1. The number of benzene rings is 1. The molecule has 0 bridgehead atoms. The molecule has 1 amide bonds. The molecule has 17 heavy (non-hydrogen) atoms. The quantitative estimate of drug-likeness (QED) is 0.812. The van der Waals surface area contributed by atoms with Gasteiger partial charge in [0.05, 0.1) is 7.11 Å². The van der Waals surface area contributed by atoms with Gasteiger partial charge in [-0.2, -0.15) is 0 Å². The lowest BCUT2D eigenvalue weighted by molar-refractivity contribution is -0.116. The number of amides is 1. The molecular weight excluding hydrogens is 214 g/mol. The lowest BCUT2D eigenvalue weighted by Crippen LogP contribution is -2.28. The molecule has 0 aromatic heterocycles. The number of hydrogen-bond donors (Lipinski definition) is 1. The van der Waals surface area contributed by atoms with Gasteiger partial charge in [0.25, 0.3) is 0 Å². The highest BCUT2D eigenvalue weighted by molar-refractivity contribution is 5.92. The van der Waals surface area contributed by atoms with Crippen molar-refractivity contribution in [3.8, 4) is 5.75 Å². The van der Waals surface area contributed by atoms with Gasteiger partial charge in [-0.05, 0) is 39.0 Å². The van der Waals surface area contributed by atoms with Crippen LogP contribution in [0.1, 0.15) is 25.0 Å². The van der Waals surface area contributed by atoms with Crippen LogP contribution in [0.15, 0.2) is 24.3 Å². The van der Waals surface area contributed by atoms with E-state index in [9.17, 15) is 4.79 Å². The Morgan fingerprint density at radius 3 is 2.71 bits per heavy atom. The van der Waals surface area contributed by atoms with E-state index < -0.39 is 0 Å². The predicted molar refractivity (Wildman–Crippen MR) is 70.0 cm³/mol. The zero-order chi connectivity index (χ0) is 12.8. The van der Waals surface area contributed by atoms with Crippen LogP contribution < -0.4 is 10.1 Å². The van der Waals surface area contributed by atoms with E-state index in [-0.39, 0.29) is 11.9 Å². The van der Waals surface area contributed by atoms with E-state index in [0.717, 1.165) is 16.9 Å². The summed E-state index contributed by atoms with van der Waals surface area (Å²) in [5.41, 5.74) is 2.04. The van der Waals surface area contributed by atoms with Gasteiger partial charge in [0.2, 0.25) is 5.91 Å². The van der Waals surface area contributed by atoms with Crippen molar-refractivity contribution in [3.63, 3.8) is 0 Å². The molecule has 0 saturated carbocycles. The average molecular weight is 233 g/mol. The molecule has 0 aliphatic heterocycles. The van der Waals surface area contributed by atoms with Crippen molar-refractivity contribution in [1.29, 1.82) is 0 Å². The molecule has 0 aliphatic rings. The summed E-state index contributed by atoms with van der Waals surface area (Å²) in [4.78, 5) is 11.5. The summed E-state index contributed by atoms with van der Waals surface area (Å²) < 4.78 is 5.23. The number of nitrogens with one attached hydrogen (secondary N) is 1. The largest absolute Gasteiger partial charge is 0.496 e. The van der Waals surface area contributed by atoms with Crippen LogP contribution in [0, 0.1) is 6.92 Å². The third-order valence-electron chi connectivity index (χ3n) is 2.23. The van der Waals surface area contributed by atoms with E-state index in [0.29, 0.717) is 0 Å². The van der Waals surface area contributed by atoms with Crippen LogP contribution in [0.4, 0.5) is 0 Å². The highest BCUT2D eigenvalue weighted by Gasteiger charge is 2.01. The summed E-state index contributed by atoms with van der Waals surface area (Å²) in [6.45, 7) is 5.86. The first-order valence-corrected chi connectivity index (χ1v) is 5.66. The Morgan fingerprint density at radius 2 is 2.12 bits per heavy atom. The molecule has 3 nitrogen and oxygen atoms in total. The molecule has 0 atom stereocenters. The highest BCUT2D eigenvalue weighted by Crippen LogP contribution is 2.20. The maximum atomic E-state index is 11.5. The molecule has 0 radical (unpaired) electrons. The lowest BCUT2D eigenvalue weighted by atomic mass is 10.1. The first kappa shape index (κ1) is 13.3. The summed E-state index contributed by atoms with van der Waals surface area (Å²) in [7, 11) is 1.62. The van der Waals surface area contributed by atoms with E-state index in [4.69, 9.17) is 4.74 Å². The summed E-state index contributed by atoms with van der Waals surface area (Å²) in [6, 6.07) is 6.00. The first-order valence-electron chi connectivity index (χ1n) is 5.66. The summed E-state index contributed by atoms with van der Waals surface area (Å²) in [6.07, 6.45) is 3.29. The van der Waals surface area contributed by atoms with E-state index >= 15 is 0 Å². The van der Waals surface area contributed by atoms with Gasteiger partial charge in [-0.25, -0.2) is 0 Å². The number of methoxy groups -OCH3 is 1. The monoisotopic (exact) mass is 233 g/mol. The molecule has 0 unspecified atom stereocenters. The average Bonchev–Trinajstić information content (AvgIpc) is 2.25. The Bertz CT molecular complexity index is 422. The molecule has 1 N–H and O–H groups in total. The number of hydrogen-bond acceptors (Lipinski definition) is 2. The van der Waals surface area contributed by atoms with Crippen LogP contribution in [-0.2, 0) is 4.79 Å². The number of carbonyl (C=O) groups excluding carboxylic acids is 1. The normalized spacial score (nSPS) is 10.9. The zero-order valence-electron chi connectivity index (χ0n) is 10.8. The fraction of sp³-hybridized carbons (Fsp3) is 0.357. The summed E-state index contributed by atoms with van der Waals surface area (Å²) in [5.74, 6) is 0.674. The van der Waals surface area contributed by atoms with Gasteiger partial charge in [-0.15, -0.1) is 0 Å². The maximum Gasteiger partial charge on any atom is 0.244 e. The molecule has 1 aromatic carbocycles. The molecule has 1 rings (SSSR count). The van der Waals surface area contributed by atoms with E-state index in [1.807, 2.05) is 39.0 Å². The lowest BCUT2D eigenvalue weighted by Gasteiger charge is -2.06. The second kappa shape index (κ2) is 6.09. The fourth-order valence-electron chi connectivity index (χ4n) is 1.48. The van der Waals surface area contributed by atoms with Gasteiger partial charge in [0.15, 0.2) is 0 Å². The third-order valence-corrected chi connectivity index (χ3v) is 2.23. The first-order chi connectivity index (χ1) is 8.02. The minimum absolute atomic E-state index is 0.0939. The number of aryl methyl sites for hydroxylation is 1. The number of rotatable bonds is 4. The van der Waals surface area contributed by atoms with Crippen molar-refractivity contribution in [3.05, 3.63) is 35.4 Å². The zero-order valence-corrected chi connectivity index (χ0v) is 10.8. The molecule has 0 aliphatic carbocycles. The van der Waals surface area contributed by atoms with Crippen molar-refractivity contribution < 1.29 is 9.53 Å².